The van der Waals surface area contributed by atoms with Crippen molar-refractivity contribution in [1.29, 1.82) is 0 Å². The number of rotatable bonds is 4. The van der Waals surface area contributed by atoms with Gasteiger partial charge in [-0.25, -0.2) is 4.68 Å². The Bertz CT molecular complexity index is 1370. The molecule has 2 amide bonds. The number of hydrogen-bond acceptors (Lipinski definition) is 6. The zero-order valence-electron chi connectivity index (χ0n) is 18.5. The number of aromatic nitrogens is 1. The van der Waals surface area contributed by atoms with Crippen LogP contribution in [0.5, 0.6) is 5.75 Å². The number of likely N-dealkylation sites (N-methyl/N-ethyl adjacent to an activating group) is 1. The molecule has 2 aliphatic rings. The first-order valence-electron chi connectivity index (χ1n) is 10.8. The molecule has 0 fully saturated rings. The fraction of sp³-hybridized carbons (Fsp3) is 0.250. The summed E-state index contributed by atoms with van der Waals surface area (Å²) in [6.07, 6.45) is 0. The number of anilines is 2. The van der Waals surface area contributed by atoms with E-state index in [4.69, 9.17) is 14.8 Å². The first-order valence-corrected chi connectivity index (χ1v) is 11.7. The van der Waals surface area contributed by atoms with Crippen molar-refractivity contribution in [2.24, 2.45) is 10.1 Å². The van der Waals surface area contributed by atoms with Gasteiger partial charge in [-0.15, -0.1) is 11.3 Å². The third kappa shape index (κ3) is 3.74. The lowest BCUT2D eigenvalue weighted by molar-refractivity contribution is -0.118. The van der Waals surface area contributed by atoms with Gasteiger partial charge in [0.2, 0.25) is 4.80 Å². The molecule has 8 nitrogen and oxygen atoms in total. The van der Waals surface area contributed by atoms with Crippen molar-refractivity contribution in [1.82, 2.24) is 4.68 Å². The number of thiazole rings is 1. The molecule has 0 atom stereocenters. The van der Waals surface area contributed by atoms with Gasteiger partial charge >= 0.3 is 0 Å². The number of nitrogens with zero attached hydrogens (tertiary/aromatic N) is 4. The molecule has 0 unspecified atom stereocenters. The summed E-state index contributed by atoms with van der Waals surface area (Å²) >= 11 is 1.46. The topological polar surface area (TPSA) is 88.3 Å². The van der Waals surface area contributed by atoms with E-state index in [-0.39, 0.29) is 24.5 Å². The first kappa shape index (κ1) is 21.1. The molecule has 33 heavy (non-hydrogen) atoms. The molecule has 3 aromatic rings. The number of fused-ring (bicyclic) bond motifs is 2. The third-order valence-electron chi connectivity index (χ3n) is 5.38. The largest absolute Gasteiger partial charge is 0.482 e. The number of carbonyl (C=O) groups excluding carboxylic acids is 2. The SMILES string of the molecule is CCN1C(=O)C(=Nn2c(-c3ccc4c(c3)NC(=O)CO4)csc2=NC(C)C)c2ccccc21. The molecule has 2 aromatic carbocycles. The van der Waals surface area contributed by atoms with Gasteiger partial charge in [0.25, 0.3) is 11.8 Å². The van der Waals surface area contributed by atoms with Crippen LogP contribution in [0.3, 0.4) is 0 Å². The van der Waals surface area contributed by atoms with Crippen LogP contribution in [0.15, 0.2) is 57.9 Å². The minimum atomic E-state index is -0.193. The summed E-state index contributed by atoms with van der Waals surface area (Å²) in [5.41, 5.74) is 4.25. The van der Waals surface area contributed by atoms with Gasteiger partial charge in [-0.1, -0.05) is 18.2 Å². The molecule has 2 aliphatic heterocycles. The first-order chi connectivity index (χ1) is 16.0. The van der Waals surface area contributed by atoms with Gasteiger partial charge in [0.1, 0.15) is 5.75 Å². The molecule has 0 aliphatic carbocycles. The van der Waals surface area contributed by atoms with Gasteiger partial charge in [-0.3, -0.25) is 14.6 Å². The second-order valence-electron chi connectivity index (χ2n) is 8.00. The van der Waals surface area contributed by atoms with E-state index in [0.717, 1.165) is 22.5 Å². The molecule has 0 saturated carbocycles. The van der Waals surface area contributed by atoms with Crippen LogP contribution in [-0.4, -0.2) is 41.4 Å². The summed E-state index contributed by atoms with van der Waals surface area (Å²) in [6, 6.07) is 13.3. The Balaban J connectivity index is 1.69. The van der Waals surface area contributed by atoms with E-state index in [0.29, 0.717) is 28.5 Å². The Hall–Kier alpha value is -3.72. The Morgan fingerprint density at radius 3 is 2.79 bits per heavy atom. The van der Waals surface area contributed by atoms with Gasteiger partial charge in [-0.2, -0.15) is 5.10 Å². The average molecular weight is 462 g/mol. The van der Waals surface area contributed by atoms with E-state index < -0.39 is 0 Å². The molecular formula is C24H23N5O3S. The number of nitrogens with one attached hydrogen (secondary N) is 1. The molecule has 3 heterocycles. The van der Waals surface area contributed by atoms with Gasteiger partial charge in [0, 0.05) is 29.1 Å². The molecule has 0 saturated heterocycles. The van der Waals surface area contributed by atoms with Crippen LogP contribution >= 0.6 is 11.3 Å². The maximum absolute atomic E-state index is 13.2. The van der Waals surface area contributed by atoms with Crippen molar-refractivity contribution < 1.29 is 14.3 Å². The van der Waals surface area contributed by atoms with Crippen molar-refractivity contribution in [3.63, 3.8) is 0 Å². The maximum Gasteiger partial charge on any atom is 0.279 e. The Labute approximate surface area is 194 Å². The summed E-state index contributed by atoms with van der Waals surface area (Å²) in [7, 11) is 0. The smallest absolute Gasteiger partial charge is 0.279 e. The van der Waals surface area contributed by atoms with Crippen molar-refractivity contribution in [2.75, 3.05) is 23.4 Å². The predicted molar refractivity (Wildman–Crippen MR) is 129 cm³/mol. The number of benzene rings is 2. The number of para-hydroxylation sites is 1. The minimum absolute atomic E-state index is 0.00527. The van der Waals surface area contributed by atoms with Crippen LogP contribution in [0.25, 0.3) is 11.3 Å². The summed E-state index contributed by atoms with van der Waals surface area (Å²) < 4.78 is 7.21. The van der Waals surface area contributed by atoms with Crippen LogP contribution in [0, 0.1) is 0 Å². The van der Waals surface area contributed by atoms with Crippen molar-refractivity contribution in [3.05, 3.63) is 58.2 Å². The zero-order chi connectivity index (χ0) is 23.1. The molecule has 168 valence electrons. The number of carbonyl (C=O) groups is 2. The quantitative estimate of drug-likeness (QED) is 0.645. The standard InChI is InChI=1S/C24H23N5O3S/c1-4-28-18-8-6-5-7-16(18)22(23(28)31)27-29-19(13-33-24(29)25-14(2)3)15-9-10-20-17(11-15)26-21(30)12-32-20/h5-11,13-14H,4,12H2,1-3H3,(H,26,30). The third-order valence-corrected chi connectivity index (χ3v) is 6.21. The summed E-state index contributed by atoms with van der Waals surface area (Å²) in [6.45, 7) is 6.51. The van der Waals surface area contributed by atoms with Crippen molar-refractivity contribution in [2.45, 2.75) is 26.8 Å². The lowest BCUT2D eigenvalue weighted by Crippen LogP contribution is -2.30. The highest BCUT2D eigenvalue weighted by atomic mass is 32.1. The average Bonchev–Trinajstić information content (AvgIpc) is 3.31. The van der Waals surface area contributed by atoms with Crippen molar-refractivity contribution in [3.8, 4) is 17.0 Å². The minimum Gasteiger partial charge on any atom is -0.482 e. The molecule has 1 aromatic heterocycles. The summed E-state index contributed by atoms with van der Waals surface area (Å²) in [4.78, 5) is 32.1. The monoisotopic (exact) mass is 461 g/mol. The van der Waals surface area contributed by atoms with Gasteiger partial charge in [0.05, 0.1) is 17.1 Å². The second-order valence-corrected chi connectivity index (χ2v) is 8.84. The molecule has 0 bridgehead atoms. The maximum atomic E-state index is 13.2. The van der Waals surface area contributed by atoms with Crippen molar-refractivity contribution >= 4 is 40.2 Å². The molecule has 9 heteroatoms. The van der Waals surface area contributed by atoms with E-state index >= 15 is 0 Å². The molecule has 5 rings (SSSR count). The normalized spacial score (nSPS) is 16.8. The van der Waals surface area contributed by atoms with E-state index in [1.807, 2.05) is 68.6 Å². The van der Waals surface area contributed by atoms with E-state index in [1.165, 1.54) is 11.3 Å². The second kappa shape index (κ2) is 8.32. The van der Waals surface area contributed by atoms with Crippen LogP contribution in [0.1, 0.15) is 26.3 Å². The lowest BCUT2D eigenvalue weighted by atomic mass is 10.1. The van der Waals surface area contributed by atoms with Crippen LogP contribution in [0.2, 0.25) is 0 Å². The van der Waals surface area contributed by atoms with E-state index in [9.17, 15) is 9.59 Å². The molecule has 0 spiro atoms. The highest BCUT2D eigenvalue weighted by molar-refractivity contribution is 7.07. The van der Waals surface area contributed by atoms with E-state index in [1.54, 1.807) is 9.58 Å². The fourth-order valence-corrected chi connectivity index (χ4v) is 4.88. The molecule has 0 radical (unpaired) electrons. The van der Waals surface area contributed by atoms with Crippen LogP contribution in [-0.2, 0) is 9.59 Å². The van der Waals surface area contributed by atoms with Gasteiger partial charge in [-0.05, 0) is 45.0 Å². The molecule has 1 N–H and O–H groups in total. The van der Waals surface area contributed by atoms with Gasteiger partial charge < -0.3 is 15.0 Å². The summed E-state index contributed by atoms with van der Waals surface area (Å²) in [5, 5.41) is 9.64. The Morgan fingerprint density at radius 2 is 2.00 bits per heavy atom. The van der Waals surface area contributed by atoms with Crippen LogP contribution in [0.4, 0.5) is 11.4 Å². The molecular weight excluding hydrogens is 438 g/mol. The fourth-order valence-electron chi connectivity index (χ4n) is 3.92. The highest BCUT2D eigenvalue weighted by Crippen LogP contribution is 2.34. The zero-order valence-corrected chi connectivity index (χ0v) is 19.3. The lowest BCUT2D eigenvalue weighted by Gasteiger charge is -2.18. The predicted octanol–water partition coefficient (Wildman–Crippen LogP) is 3.48. The van der Waals surface area contributed by atoms with Crippen LogP contribution < -0.4 is 19.8 Å². The van der Waals surface area contributed by atoms with E-state index in [2.05, 4.69) is 5.32 Å². The Kier molecular flexibility index (Phi) is 5.33. The summed E-state index contributed by atoms with van der Waals surface area (Å²) in [5.74, 6) is 0.295. The number of ether oxygens (including phenoxy) is 1. The highest BCUT2D eigenvalue weighted by Gasteiger charge is 2.33. The number of hydrogen-bond donors (Lipinski definition) is 1. The van der Waals surface area contributed by atoms with Gasteiger partial charge in [0.15, 0.2) is 12.3 Å². The Morgan fingerprint density at radius 1 is 1.18 bits per heavy atom. The number of amides is 2.